The highest BCUT2D eigenvalue weighted by atomic mass is 19.1. The first kappa shape index (κ1) is 8.39. The zero-order valence-corrected chi connectivity index (χ0v) is 6.07. The van der Waals surface area contributed by atoms with E-state index in [0.29, 0.717) is 5.69 Å². The van der Waals surface area contributed by atoms with Crippen molar-refractivity contribution in [2.24, 2.45) is 0 Å². The van der Waals surface area contributed by atoms with Crippen LogP contribution in [-0.4, -0.2) is 16.1 Å². The van der Waals surface area contributed by atoms with Crippen LogP contribution in [0.2, 0.25) is 0 Å². The van der Waals surface area contributed by atoms with Crippen molar-refractivity contribution in [2.45, 2.75) is 0 Å². The molecule has 12 heavy (non-hydrogen) atoms. The third-order valence-corrected chi connectivity index (χ3v) is 1.15. The Hall–Kier alpha value is -1.71. The summed E-state index contributed by atoms with van der Waals surface area (Å²) in [7, 11) is 0. The molecule has 0 radical (unpaired) electrons. The van der Waals surface area contributed by atoms with E-state index in [2.05, 4.69) is 4.98 Å². The van der Waals surface area contributed by atoms with Gasteiger partial charge in [-0.1, -0.05) is 0 Å². The summed E-state index contributed by atoms with van der Waals surface area (Å²) in [5.74, 6) is -1.50. The van der Waals surface area contributed by atoms with Crippen molar-refractivity contribution in [1.82, 2.24) is 4.98 Å². The summed E-state index contributed by atoms with van der Waals surface area (Å²) in [6.07, 6.45) is 3.27. The molecule has 0 fully saturated rings. The SMILES string of the molecule is O=C(O)C=Cc1ccc(F)cn1. The Kier molecular flexibility index (Phi) is 2.53. The number of carboxylic acid groups (broad SMARTS) is 1. The minimum absolute atomic E-state index is 0.416. The third-order valence-electron chi connectivity index (χ3n) is 1.15. The normalized spacial score (nSPS) is 10.4. The van der Waals surface area contributed by atoms with Crippen molar-refractivity contribution < 1.29 is 14.3 Å². The summed E-state index contributed by atoms with van der Waals surface area (Å²) >= 11 is 0. The van der Waals surface area contributed by atoms with Gasteiger partial charge in [-0.2, -0.15) is 0 Å². The quantitative estimate of drug-likeness (QED) is 0.676. The van der Waals surface area contributed by atoms with Gasteiger partial charge in [-0.15, -0.1) is 0 Å². The summed E-state index contributed by atoms with van der Waals surface area (Å²) in [6.45, 7) is 0. The van der Waals surface area contributed by atoms with E-state index >= 15 is 0 Å². The Labute approximate surface area is 68.2 Å². The lowest BCUT2D eigenvalue weighted by atomic mass is 10.3. The molecule has 1 rings (SSSR count). The fourth-order valence-electron chi connectivity index (χ4n) is 0.643. The number of hydrogen-bond donors (Lipinski definition) is 1. The lowest BCUT2D eigenvalue weighted by molar-refractivity contribution is -0.131. The smallest absolute Gasteiger partial charge is 0.328 e. The third kappa shape index (κ3) is 2.49. The van der Waals surface area contributed by atoms with Crippen molar-refractivity contribution in [2.75, 3.05) is 0 Å². The molecule has 0 bridgehead atoms. The van der Waals surface area contributed by atoms with Crippen molar-refractivity contribution in [3.05, 3.63) is 35.9 Å². The van der Waals surface area contributed by atoms with Gasteiger partial charge in [0.25, 0.3) is 0 Å². The Bertz CT molecular complexity index is 305. The summed E-state index contributed by atoms with van der Waals surface area (Å²) in [5, 5.41) is 8.24. The minimum atomic E-state index is -1.05. The Morgan fingerprint density at radius 1 is 1.58 bits per heavy atom. The molecular formula is C8H6FNO2. The van der Waals surface area contributed by atoms with Gasteiger partial charge in [0.15, 0.2) is 0 Å². The second-order valence-corrected chi connectivity index (χ2v) is 2.07. The molecule has 4 heteroatoms. The fraction of sp³-hybridized carbons (Fsp3) is 0. The average molecular weight is 167 g/mol. The lowest BCUT2D eigenvalue weighted by Gasteiger charge is -1.89. The molecular weight excluding hydrogens is 161 g/mol. The largest absolute Gasteiger partial charge is 0.478 e. The first-order valence-electron chi connectivity index (χ1n) is 3.21. The predicted octanol–water partition coefficient (Wildman–Crippen LogP) is 1.32. The van der Waals surface area contributed by atoms with E-state index in [0.717, 1.165) is 12.3 Å². The number of nitrogens with zero attached hydrogens (tertiary/aromatic N) is 1. The molecule has 0 unspecified atom stereocenters. The van der Waals surface area contributed by atoms with E-state index in [1.54, 1.807) is 0 Å². The summed E-state index contributed by atoms with van der Waals surface area (Å²) < 4.78 is 12.3. The van der Waals surface area contributed by atoms with E-state index in [1.165, 1.54) is 18.2 Å². The van der Waals surface area contributed by atoms with Crippen LogP contribution in [-0.2, 0) is 4.79 Å². The van der Waals surface area contributed by atoms with Crippen LogP contribution >= 0.6 is 0 Å². The monoisotopic (exact) mass is 167 g/mol. The molecule has 0 aliphatic heterocycles. The van der Waals surface area contributed by atoms with E-state index in [4.69, 9.17) is 5.11 Å². The molecule has 0 aromatic carbocycles. The maximum atomic E-state index is 12.3. The van der Waals surface area contributed by atoms with Crippen molar-refractivity contribution in [3.63, 3.8) is 0 Å². The van der Waals surface area contributed by atoms with Gasteiger partial charge in [-0.3, -0.25) is 4.98 Å². The van der Waals surface area contributed by atoms with Crippen LogP contribution in [0.15, 0.2) is 24.4 Å². The van der Waals surface area contributed by atoms with Crippen molar-refractivity contribution >= 4 is 12.0 Å². The Balaban J connectivity index is 2.77. The number of halogens is 1. The van der Waals surface area contributed by atoms with Crippen LogP contribution < -0.4 is 0 Å². The number of rotatable bonds is 2. The molecule has 0 amide bonds. The maximum absolute atomic E-state index is 12.3. The molecule has 0 saturated heterocycles. The Morgan fingerprint density at radius 2 is 2.33 bits per heavy atom. The first-order chi connectivity index (χ1) is 5.68. The second-order valence-electron chi connectivity index (χ2n) is 2.07. The number of hydrogen-bond acceptors (Lipinski definition) is 2. The lowest BCUT2D eigenvalue weighted by Crippen LogP contribution is -1.87. The second kappa shape index (κ2) is 3.61. The summed E-state index contributed by atoms with van der Waals surface area (Å²) in [4.78, 5) is 13.7. The van der Waals surface area contributed by atoms with Crippen LogP contribution in [0, 0.1) is 5.82 Å². The molecule has 1 aromatic heterocycles. The minimum Gasteiger partial charge on any atom is -0.478 e. The molecule has 0 atom stereocenters. The first-order valence-corrected chi connectivity index (χ1v) is 3.21. The molecule has 1 heterocycles. The number of aliphatic carboxylic acids is 1. The highest BCUT2D eigenvalue weighted by molar-refractivity contribution is 5.84. The van der Waals surface area contributed by atoms with Gasteiger partial charge in [0.2, 0.25) is 0 Å². The maximum Gasteiger partial charge on any atom is 0.328 e. The number of pyridine rings is 1. The molecule has 3 nitrogen and oxygen atoms in total. The van der Waals surface area contributed by atoms with E-state index < -0.39 is 11.8 Å². The zero-order chi connectivity index (χ0) is 8.97. The number of carbonyl (C=O) groups is 1. The fourth-order valence-corrected chi connectivity index (χ4v) is 0.643. The number of carboxylic acids is 1. The Morgan fingerprint density at radius 3 is 2.83 bits per heavy atom. The topological polar surface area (TPSA) is 50.2 Å². The van der Waals surface area contributed by atoms with E-state index in [-0.39, 0.29) is 0 Å². The van der Waals surface area contributed by atoms with Crippen molar-refractivity contribution in [3.8, 4) is 0 Å². The van der Waals surface area contributed by atoms with Crippen LogP contribution in [0.3, 0.4) is 0 Å². The average Bonchev–Trinajstić information content (AvgIpc) is 2.03. The number of aromatic nitrogens is 1. The molecule has 0 spiro atoms. The van der Waals surface area contributed by atoms with Gasteiger partial charge in [-0.05, 0) is 18.2 Å². The van der Waals surface area contributed by atoms with Gasteiger partial charge in [-0.25, -0.2) is 9.18 Å². The molecule has 1 N–H and O–H groups in total. The van der Waals surface area contributed by atoms with Crippen LogP contribution in [0.5, 0.6) is 0 Å². The summed E-state index contributed by atoms with van der Waals surface area (Å²) in [5.41, 5.74) is 0.416. The molecule has 0 aliphatic carbocycles. The van der Waals surface area contributed by atoms with Gasteiger partial charge in [0.1, 0.15) is 5.82 Å². The van der Waals surface area contributed by atoms with Gasteiger partial charge in [0.05, 0.1) is 11.9 Å². The predicted molar refractivity (Wildman–Crippen MR) is 40.9 cm³/mol. The van der Waals surface area contributed by atoms with Gasteiger partial charge >= 0.3 is 5.97 Å². The highest BCUT2D eigenvalue weighted by Crippen LogP contribution is 1.99. The molecule has 0 saturated carbocycles. The van der Waals surface area contributed by atoms with E-state index in [9.17, 15) is 9.18 Å². The molecule has 1 aromatic rings. The van der Waals surface area contributed by atoms with Crippen LogP contribution in [0.1, 0.15) is 5.69 Å². The molecule has 62 valence electrons. The van der Waals surface area contributed by atoms with Crippen molar-refractivity contribution in [1.29, 1.82) is 0 Å². The van der Waals surface area contributed by atoms with Gasteiger partial charge < -0.3 is 5.11 Å². The highest BCUT2D eigenvalue weighted by Gasteiger charge is 1.91. The van der Waals surface area contributed by atoms with Crippen LogP contribution in [0.4, 0.5) is 4.39 Å². The van der Waals surface area contributed by atoms with Crippen LogP contribution in [0.25, 0.3) is 6.08 Å². The molecule has 0 aliphatic rings. The summed E-state index contributed by atoms with van der Waals surface area (Å²) in [6, 6.07) is 2.61. The standard InChI is InChI=1S/C8H6FNO2/c9-6-1-2-7(10-5-6)3-4-8(11)12/h1-5H,(H,11,12). The van der Waals surface area contributed by atoms with E-state index in [1.807, 2.05) is 0 Å². The zero-order valence-electron chi connectivity index (χ0n) is 6.07. The van der Waals surface area contributed by atoms with Gasteiger partial charge in [0, 0.05) is 6.08 Å².